The molecule has 114 valence electrons. The summed E-state index contributed by atoms with van der Waals surface area (Å²) in [6, 6.07) is 6.42. The minimum atomic E-state index is -3.53. The van der Waals surface area contributed by atoms with E-state index in [1.807, 2.05) is 0 Å². The molecule has 0 amide bonds. The predicted molar refractivity (Wildman–Crippen MR) is 81.7 cm³/mol. The molecular weight excluding hydrogens is 290 g/mol. The zero-order chi connectivity index (χ0) is 15.8. The Kier molecular flexibility index (Phi) is 3.68. The van der Waals surface area contributed by atoms with E-state index >= 15 is 0 Å². The summed E-state index contributed by atoms with van der Waals surface area (Å²) in [6.07, 6.45) is 1.42. The fourth-order valence-corrected chi connectivity index (χ4v) is 3.35. The van der Waals surface area contributed by atoms with E-state index < -0.39 is 20.8 Å². The van der Waals surface area contributed by atoms with Gasteiger partial charge in [0.05, 0.1) is 15.8 Å². The van der Waals surface area contributed by atoms with Crippen molar-refractivity contribution in [1.82, 2.24) is 5.32 Å². The molecule has 1 unspecified atom stereocenters. The monoisotopic (exact) mass is 309 g/mol. The largest absolute Gasteiger partial charge is 0.397 e. The summed E-state index contributed by atoms with van der Waals surface area (Å²) in [6.45, 7) is 3.21. The van der Waals surface area contributed by atoms with E-state index in [0.717, 1.165) is 0 Å². The number of nitrogens with one attached hydrogen (secondary N) is 1. The Labute approximate surface area is 123 Å². The van der Waals surface area contributed by atoms with Crippen molar-refractivity contribution in [2.24, 2.45) is 22.2 Å². The second-order valence-corrected chi connectivity index (χ2v) is 7.57. The lowest BCUT2D eigenvalue weighted by Crippen LogP contribution is -2.49. The van der Waals surface area contributed by atoms with Crippen molar-refractivity contribution in [3.63, 3.8) is 0 Å². The lowest BCUT2D eigenvalue weighted by atomic mass is 9.97. The molecule has 0 fully saturated rings. The topological polar surface area (TPSA) is 137 Å². The smallest absolute Gasteiger partial charge is 0.195 e. The lowest BCUT2D eigenvalue weighted by Gasteiger charge is -2.31. The molecule has 1 aromatic carbocycles. The van der Waals surface area contributed by atoms with Crippen LogP contribution in [0.4, 0.5) is 0 Å². The standard InChI is InChI=1S/C13H19N5O2S/c1-8(2)21(19,20)10-6-4-3-5-9(10)13(16)11(14)7-17-12(15)18-13/h3-8H,14,16H2,1-2H3,(H3,15,17,18). The number of rotatable bonds is 3. The molecular formula is C13H19N5O2S. The van der Waals surface area contributed by atoms with Gasteiger partial charge in [0.15, 0.2) is 21.5 Å². The van der Waals surface area contributed by atoms with Crippen LogP contribution in [0, 0.1) is 0 Å². The lowest BCUT2D eigenvalue weighted by molar-refractivity contribution is 0.517. The highest BCUT2D eigenvalue weighted by molar-refractivity contribution is 7.92. The number of benzene rings is 1. The van der Waals surface area contributed by atoms with Crippen molar-refractivity contribution in [2.45, 2.75) is 29.7 Å². The first-order chi connectivity index (χ1) is 9.69. The van der Waals surface area contributed by atoms with E-state index in [1.54, 1.807) is 32.0 Å². The number of hydrogen-bond acceptors (Lipinski definition) is 7. The second kappa shape index (κ2) is 5.05. The second-order valence-electron chi connectivity index (χ2n) is 5.10. The highest BCUT2D eigenvalue weighted by Gasteiger charge is 2.38. The molecule has 0 saturated heterocycles. The third kappa shape index (κ3) is 2.47. The molecule has 0 bridgehead atoms. The molecule has 0 saturated carbocycles. The highest BCUT2D eigenvalue weighted by Crippen LogP contribution is 2.33. The van der Waals surface area contributed by atoms with E-state index in [4.69, 9.17) is 17.2 Å². The zero-order valence-electron chi connectivity index (χ0n) is 11.9. The van der Waals surface area contributed by atoms with Crippen molar-refractivity contribution in [1.29, 1.82) is 0 Å². The van der Waals surface area contributed by atoms with Crippen molar-refractivity contribution in [3.05, 3.63) is 41.7 Å². The van der Waals surface area contributed by atoms with Crippen LogP contribution in [0.3, 0.4) is 0 Å². The molecule has 7 nitrogen and oxygen atoms in total. The van der Waals surface area contributed by atoms with Crippen LogP contribution in [0.25, 0.3) is 0 Å². The van der Waals surface area contributed by atoms with Crippen LogP contribution < -0.4 is 22.5 Å². The molecule has 0 aliphatic carbocycles. The normalized spacial score (nSPS) is 22.5. The highest BCUT2D eigenvalue weighted by atomic mass is 32.2. The van der Waals surface area contributed by atoms with Crippen molar-refractivity contribution in [3.8, 4) is 0 Å². The van der Waals surface area contributed by atoms with Crippen LogP contribution >= 0.6 is 0 Å². The maximum Gasteiger partial charge on any atom is 0.195 e. The average Bonchev–Trinajstić information content (AvgIpc) is 2.43. The quantitative estimate of drug-likeness (QED) is 0.605. The van der Waals surface area contributed by atoms with Gasteiger partial charge in [0, 0.05) is 11.8 Å². The maximum absolute atomic E-state index is 12.5. The molecule has 2 rings (SSSR count). The predicted octanol–water partition coefficient (Wildman–Crippen LogP) is -0.302. The fraction of sp³-hybridized carbons (Fsp3) is 0.308. The minimum Gasteiger partial charge on any atom is -0.397 e. The van der Waals surface area contributed by atoms with E-state index in [0.29, 0.717) is 5.56 Å². The zero-order valence-corrected chi connectivity index (χ0v) is 12.7. The van der Waals surface area contributed by atoms with Gasteiger partial charge in [-0.15, -0.1) is 0 Å². The van der Waals surface area contributed by atoms with Gasteiger partial charge in [-0.25, -0.2) is 13.4 Å². The molecule has 8 heteroatoms. The van der Waals surface area contributed by atoms with Crippen molar-refractivity contribution < 1.29 is 8.42 Å². The van der Waals surface area contributed by atoms with Gasteiger partial charge in [-0.1, -0.05) is 18.2 Å². The summed E-state index contributed by atoms with van der Waals surface area (Å²) in [5, 5.41) is 2.06. The van der Waals surface area contributed by atoms with E-state index in [-0.39, 0.29) is 16.6 Å². The first-order valence-corrected chi connectivity index (χ1v) is 7.94. The molecule has 1 aliphatic heterocycles. The molecule has 0 spiro atoms. The molecule has 1 aromatic rings. The van der Waals surface area contributed by atoms with Gasteiger partial charge >= 0.3 is 0 Å². The summed E-state index contributed by atoms with van der Waals surface area (Å²) in [7, 11) is -3.53. The summed E-state index contributed by atoms with van der Waals surface area (Å²) < 4.78 is 25.0. The number of nitrogens with two attached hydrogens (primary N) is 3. The molecule has 1 atom stereocenters. The van der Waals surface area contributed by atoms with Crippen LogP contribution in [0.5, 0.6) is 0 Å². The number of nitrogens with zero attached hydrogens (tertiary/aromatic N) is 1. The fourth-order valence-electron chi connectivity index (χ4n) is 2.05. The molecule has 0 aromatic heterocycles. The van der Waals surface area contributed by atoms with E-state index in [1.165, 1.54) is 12.3 Å². The van der Waals surface area contributed by atoms with Gasteiger partial charge in [0.1, 0.15) is 0 Å². The van der Waals surface area contributed by atoms with E-state index in [9.17, 15) is 8.42 Å². The summed E-state index contributed by atoms with van der Waals surface area (Å²) >= 11 is 0. The Morgan fingerprint density at radius 1 is 1.24 bits per heavy atom. The number of sulfone groups is 1. The van der Waals surface area contributed by atoms with Gasteiger partial charge in [-0.2, -0.15) is 0 Å². The maximum atomic E-state index is 12.5. The van der Waals surface area contributed by atoms with E-state index in [2.05, 4.69) is 10.3 Å². The number of aliphatic imine (C=N–C) groups is 1. The van der Waals surface area contributed by atoms with Gasteiger partial charge < -0.3 is 16.8 Å². The number of hydrogen-bond donors (Lipinski definition) is 4. The minimum absolute atomic E-state index is 0.0726. The van der Waals surface area contributed by atoms with Crippen LogP contribution in [-0.4, -0.2) is 19.6 Å². The molecule has 21 heavy (non-hydrogen) atoms. The van der Waals surface area contributed by atoms with Gasteiger partial charge in [-0.3, -0.25) is 5.73 Å². The first-order valence-electron chi connectivity index (χ1n) is 6.40. The average molecular weight is 309 g/mol. The summed E-state index contributed by atoms with van der Waals surface area (Å²) in [4.78, 5) is 4.21. The van der Waals surface area contributed by atoms with Crippen LogP contribution in [-0.2, 0) is 15.5 Å². The van der Waals surface area contributed by atoms with Crippen LogP contribution in [0.2, 0.25) is 0 Å². The van der Waals surface area contributed by atoms with Crippen molar-refractivity contribution in [2.75, 3.05) is 0 Å². The summed E-state index contributed by atoms with van der Waals surface area (Å²) in [5.41, 5.74) is 16.8. The van der Waals surface area contributed by atoms with Gasteiger partial charge in [0.2, 0.25) is 0 Å². The van der Waals surface area contributed by atoms with Gasteiger partial charge in [0.25, 0.3) is 0 Å². The van der Waals surface area contributed by atoms with Crippen molar-refractivity contribution >= 4 is 15.8 Å². The Bertz CT molecular complexity index is 724. The molecule has 7 N–H and O–H groups in total. The number of guanidine groups is 1. The SMILES string of the molecule is CC(C)S(=O)(=O)c1ccccc1C1(N)N=C(N)NC=C1N. The Morgan fingerprint density at radius 2 is 1.86 bits per heavy atom. The third-order valence-electron chi connectivity index (χ3n) is 3.34. The molecule has 0 radical (unpaired) electrons. The Balaban J connectivity index is 2.72. The van der Waals surface area contributed by atoms with Crippen LogP contribution in [0.1, 0.15) is 19.4 Å². The first kappa shape index (κ1) is 15.3. The van der Waals surface area contributed by atoms with Gasteiger partial charge in [-0.05, 0) is 19.9 Å². The third-order valence-corrected chi connectivity index (χ3v) is 5.55. The Hall–Kier alpha value is -2.06. The summed E-state index contributed by atoms with van der Waals surface area (Å²) in [5.74, 6) is 0.0726. The van der Waals surface area contributed by atoms with Crippen LogP contribution in [0.15, 0.2) is 46.1 Å². The molecule has 1 heterocycles. The molecule has 1 aliphatic rings. The Morgan fingerprint density at radius 3 is 2.48 bits per heavy atom.